The van der Waals surface area contributed by atoms with Gasteiger partial charge in [-0.05, 0) is 0 Å². The number of amidine groups is 1. The third-order valence-electron chi connectivity index (χ3n) is 2.22. The summed E-state index contributed by atoms with van der Waals surface area (Å²) in [5.41, 5.74) is 1.18. The van der Waals surface area contributed by atoms with Crippen LogP contribution in [-0.2, 0) is 4.79 Å². The summed E-state index contributed by atoms with van der Waals surface area (Å²) in [4.78, 5) is 17.3. The zero-order chi connectivity index (χ0) is 11.7. The molecule has 0 saturated heterocycles. The van der Waals surface area contributed by atoms with Gasteiger partial charge in [0.15, 0.2) is 0 Å². The molecule has 0 fully saturated rings. The van der Waals surface area contributed by atoms with Gasteiger partial charge in [0.25, 0.3) is 0 Å². The quantitative estimate of drug-likeness (QED) is 0.573. The Hall–Kier alpha value is -1.09. The van der Waals surface area contributed by atoms with Crippen molar-refractivity contribution >= 4 is 44.3 Å². The van der Waals surface area contributed by atoms with Gasteiger partial charge in [-0.3, -0.25) is 0 Å². The summed E-state index contributed by atoms with van der Waals surface area (Å²) in [6, 6.07) is 7.33. The van der Waals surface area contributed by atoms with E-state index in [0.29, 0.717) is 15.5 Å². The van der Waals surface area contributed by atoms with Crippen LogP contribution in [0.25, 0.3) is 6.08 Å². The monoisotopic (exact) mass is 299 g/mol. The summed E-state index contributed by atoms with van der Waals surface area (Å²) in [5.74, 6) is -0.131. The van der Waals surface area contributed by atoms with Crippen LogP contribution in [0.4, 0.5) is 0 Å². The van der Waals surface area contributed by atoms with Crippen molar-refractivity contribution in [3.63, 3.8) is 0 Å². The predicted octanol–water partition coefficient (Wildman–Crippen LogP) is 1.68. The number of benzene rings is 1. The molecule has 0 unspecified atom stereocenters. The van der Waals surface area contributed by atoms with Crippen molar-refractivity contribution in [2.75, 3.05) is 7.05 Å². The normalized spacial score (nSPS) is 18.1. The Labute approximate surface area is 107 Å². The van der Waals surface area contributed by atoms with Crippen molar-refractivity contribution in [2.45, 2.75) is 0 Å². The van der Waals surface area contributed by atoms with Crippen molar-refractivity contribution < 1.29 is 4.79 Å². The van der Waals surface area contributed by atoms with Gasteiger partial charge in [-0.2, -0.15) is 0 Å². The zero-order valence-electron chi connectivity index (χ0n) is 8.48. The Morgan fingerprint density at radius 2 is 2.12 bits per heavy atom. The van der Waals surface area contributed by atoms with Crippen molar-refractivity contribution in [3.05, 3.63) is 40.5 Å². The molecule has 1 aromatic carbocycles. The summed E-state index contributed by atoms with van der Waals surface area (Å²) < 4.78 is 0.573. The number of carbonyl (C=O) groups is 1. The van der Waals surface area contributed by atoms with Gasteiger partial charge in [-0.1, -0.05) is 0 Å². The Bertz CT molecular complexity index is 510. The van der Waals surface area contributed by atoms with Gasteiger partial charge in [0.1, 0.15) is 0 Å². The number of amides is 1. The van der Waals surface area contributed by atoms with E-state index in [1.807, 2.05) is 18.2 Å². The van der Waals surface area contributed by atoms with E-state index in [-0.39, 0.29) is 5.91 Å². The molecule has 0 spiro atoms. The molecule has 1 aliphatic rings. The van der Waals surface area contributed by atoms with Gasteiger partial charge in [0.05, 0.1) is 0 Å². The molecule has 0 saturated carbocycles. The SMILES string of the molecule is CN1C(=O)C(=Cc2ccccc2Cl)N=C1[Se]. The Balaban J connectivity index is 2.41. The summed E-state index contributed by atoms with van der Waals surface area (Å²) in [5, 5.41) is 0.606. The molecule has 2 rings (SSSR count). The Morgan fingerprint density at radius 3 is 2.69 bits per heavy atom. The number of aliphatic imine (C=N–C) groups is 1. The first kappa shape index (κ1) is 11.4. The standard InChI is InChI=1S/C11H8ClN2OSe/c1-14-10(15)9(13-11(14)16)6-7-4-2-3-5-8(7)12/h2-6H,1H3. The van der Waals surface area contributed by atoms with Crippen LogP contribution in [-0.4, -0.2) is 38.6 Å². The molecule has 0 aromatic heterocycles. The molecule has 1 aromatic rings. The van der Waals surface area contributed by atoms with Crippen LogP contribution >= 0.6 is 11.6 Å². The number of rotatable bonds is 1. The number of carbonyl (C=O) groups excluding carboxylic acids is 1. The topological polar surface area (TPSA) is 32.7 Å². The number of hydrogen-bond acceptors (Lipinski definition) is 2. The fourth-order valence-corrected chi connectivity index (χ4v) is 1.89. The fraction of sp³-hybridized carbons (Fsp3) is 0.0909. The van der Waals surface area contributed by atoms with Gasteiger partial charge in [0.2, 0.25) is 0 Å². The molecule has 5 heteroatoms. The van der Waals surface area contributed by atoms with Crippen LogP contribution < -0.4 is 0 Å². The average Bonchev–Trinajstić information content (AvgIpc) is 2.50. The molecule has 3 nitrogen and oxygen atoms in total. The van der Waals surface area contributed by atoms with Crippen molar-refractivity contribution in [1.82, 2.24) is 4.90 Å². The second-order valence-electron chi connectivity index (χ2n) is 3.31. The molecule has 0 atom stereocenters. The first-order valence-electron chi connectivity index (χ1n) is 4.59. The molecule has 81 valence electrons. The van der Waals surface area contributed by atoms with Crippen LogP contribution in [0.15, 0.2) is 35.0 Å². The molecular weight excluding hydrogens is 291 g/mol. The van der Waals surface area contributed by atoms with Gasteiger partial charge < -0.3 is 0 Å². The number of halogens is 1. The molecule has 1 aliphatic heterocycles. The molecule has 1 heterocycles. The minimum atomic E-state index is -0.131. The summed E-state index contributed by atoms with van der Waals surface area (Å²) >= 11 is 8.73. The van der Waals surface area contributed by atoms with Crippen LogP contribution in [0, 0.1) is 0 Å². The first-order chi connectivity index (χ1) is 7.59. The average molecular weight is 299 g/mol. The van der Waals surface area contributed by atoms with Crippen LogP contribution in [0.2, 0.25) is 5.02 Å². The molecule has 1 radical (unpaired) electrons. The second-order valence-corrected chi connectivity index (χ2v) is 4.48. The van der Waals surface area contributed by atoms with Crippen LogP contribution in [0.3, 0.4) is 0 Å². The molecule has 0 N–H and O–H groups in total. The summed E-state index contributed by atoms with van der Waals surface area (Å²) in [7, 11) is 1.67. The molecule has 0 aliphatic carbocycles. The van der Waals surface area contributed by atoms with Gasteiger partial charge >= 0.3 is 107 Å². The third kappa shape index (κ3) is 2.05. The maximum atomic E-state index is 11.7. The van der Waals surface area contributed by atoms with Gasteiger partial charge in [-0.15, -0.1) is 0 Å². The third-order valence-corrected chi connectivity index (χ3v) is 3.33. The van der Waals surface area contributed by atoms with Gasteiger partial charge in [-0.25, -0.2) is 0 Å². The number of nitrogens with zero attached hydrogens (tertiary/aromatic N) is 2. The van der Waals surface area contributed by atoms with Crippen molar-refractivity contribution in [1.29, 1.82) is 0 Å². The van der Waals surface area contributed by atoms with E-state index in [4.69, 9.17) is 11.6 Å². The molecule has 1 amide bonds. The predicted molar refractivity (Wildman–Crippen MR) is 65.4 cm³/mol. The van der Waals surface area contributed by atoms with E-state index in [0.717, 1.165) is 5.56 Å². The van der Waals surface area contributed by atoms with Crippen molar-refractivity contribution in [3.8, 4) is 0 Å². The first-order valence-corrected chi connectivity index (χ1v) is 5.83. The molecule has 0 bridgehead atoms. The number of hydrogen-bond donors (Lipinski definition) is 0. The van der Waals surface area contributed by atoms with E-state index in [9.17, 15) is 4.79 Å². The second kappa shape index (κ2) is 4.42. The van der Waals surface area contributed by atoms with Crippen LogP contribution in [0.1, 0.15) is 5.56 Å². The zero-order valence-corrected chi connectivity index (χ0v) is 10.9. The maximum absolute atomic E-state index is 11.7. The van der Waals surface area contributed by atoms with E-state index in [2.05, 4.69) is 21.0 Å². The molecule has 16 heavy (non-hydrogen) atoms. The number of likely N-dealkylation sites (N-methyl/N-ethyl adjacent to an activating group) is 1. The Morgan fingerprint density at radius 1 is 1.44 bits per heavy atom. The van der Waals surface area contributed by atoms with Crippen LogP contribution in [0.5, 0.6) is 0 Å². The Kier molecular flexibility index (Phi) is 3.15. The van der Waals surface area contributed by atoms with E-state index in [1.165, 1.54) is 4.90 Å². The molecular formula is C11H8ClN2OSe. The van der Waals surface area contributed by atoms with Crippen molar-refractivity contribution in [2.24, 2.45) is 4.99 Å². The van der Waals surface area contributed by atoms with E-state index in [1.54, 1.807) is 19.2 Å². The summed E-state index contributed by atoms with van der Waals surface area (Å²) in [6.07, 6.45) is 1.69. The summed E-state index contributed by atoms with van der Waals surface area (Å²) in [6.45, 7) is 0. The fourth-order valence-electron chi connectivity index (χ4n) is 1.32. The minimum absolute atomic E-state index is 0.131. The van der Waals surface area contributed by atoms with E-state index >= 15 is 0 Å². The van der Waals surface area contributed by atoms with E-state index < -0.39 is 0 Å². The van der Waals surface area contributed by atoms with Gasteiger partial charge in [0, 0.05) is 0 Å².